The number of nitrogens with zero attached hydrogens (tertiary/aromatic N) is 3. The van der Waals surface area contributed by atoms with Gasteiger partial charge in [0.15, 0.2) is 5.16 Å². The van der Waals surface area contributed by atoms with E-state index in [-0.39, 0.29) is 23.1 Å². The van der Waals surface area contributed by atoms with E-state index in [1.54, 1.807) is 13.4 Å². The third kappa shape index (κ3) is 5.85. The summed E-state index contributed by atoms with van der Waals surface area (Å²) in [6, 6.07) is 9.94. The van der Waals surface area contributed by atoms with E-state index in [0.29, 0.717) is 6.61 Å². The lowest BCUT2D eigenvalue weighted by molar-refractivity contribution is -0.121. The van der Waals surface area contributed by atoms with Crippen LogP contribution < -0.4 is 5.32 Å². The smallest absolute Gasteiger partial charge is 0.234 e. The van der Waals surface area contributed by atoms with E-state index in [1.165, 1.54) is 11.8 Å². The molecule has 0 aliphatic carbocycles. The fourth-order valence-corrected chi connectivity index (χ4v) is 3.64. The maximum atomic E-state index is 12.9. The minimum atomic E-state index is -0.230. The minimum Gasteiger partial charge on any atom is -0.385 e. The zero-order valence-corrected chi connectivity index (χ0v) is 16.7. The van der Waals surface area contributed by atoms with E-state index >= 15 is 0 Å². The van der Waals surface area contributed by atoms with Crippen LogP contribution in [0.5, 0.6) is 0 Å². The zero-order chi connectivity index (χ0) is 18.9. The first-order chi connectivity index (χ1) is 12.5. The fourth-order valence-electron chi connectivity index (χ4n) is 2.59. The van der Waals surface area contributed by atoms with E-state index < -0.39 is 0 Å². The normalized spacial score (nSPS) is 13.6. The molecule has 7 heteroatoms. The molecule has 1 N–H and O–H groups in total. The minimum absolute atomic E-state index is 0.0211. The van der Waals surface area contributed by atoms with Gasteiger partial charge in [-0.3, -0.25) is 4.79 Å². The van der Waals surface area contributed by atoms with Crippen molar-refractivity contribution in [2.75, 3.05) is 13.7 Å². The van der Waals surface area contributed by atoms with E-state index in [9.17, 15) is 4.79 Å². The number of aryl methyl sites for hydroxylation is 1. The summed E-state index contributed by atoms with van der Waals surface area (Å²) in [4.78, 5) is 12.9. The number of carbonyl (C=O) groups is 1. The Labute approximate surface area is 159 Å². The van der Waals surface area contributed by atoms with Crippen LogP contribution in [-0.2, 0) is 16.1 Å². The molecule has 0 saturated heterocycles. The van der Waals surface area contributed by atoms with Crippen LogP contribution in [-0.4, -0.2) is 39.6 Å². The number of thioether (sulfide) groups is 1. The third-order valence-electron chi connectivity index (χ3n) is 4.08. The molecule has 2 aromatic rings. The molecular formula is C19H28N4O2S. The molecule has 142 valence electrons. The SMILES string of the molecule is COCCCn1cnnc1SC(C(=O)NC(C)c1ccccc1)C(C)C. The van der Waals surface area contributed by atoms with Crippen molar-refractivity contribution < 1.29 is 9.53 Å². The highest BCUT2D eigenvalue weighted by Gasteiger charge is 2.27. The van der Waals surface area contributed by atoms with Crippen molar-refractivity contribution in [3.05, 3.63) is 42.2 Å². The fraction of sp³-hybridized carbons (Fsp3) is 0.526. The van der Waals surface area contributed by atoms with Gasteiger partial charge in [0.1, 0.15) is 6.33 Å². The molecule has 2 unspecified atom stereocenters. The number of nitrogens with one attached hydrogen (secondary N) is 1. The molecular weight excluding hydrogens is 348 g/mol. The first-order valence-corrected chi connectivity index (χ1v) is 9.79. The Hall–Kier alpha value is -1.86. The van der Waals surface area contributed by atoms with Crippen molar-refractivity contribution >= 4 is 17.7 Å². The number of hydrogen-bond donors (Lipinski definition) is 1. The molecule has 1 aromatic carbocycles. The van der Waals surface area contributed by atoms with Gasteiger partial charge in [0, 0.05) is 20.3 Å². The van der Waals surface area contributed by atoms with Crippen LogP contribution in [0.25, 0.3) is 0 Å². The summed E-state index contributed by atoms with van der Waals surface area (Å²) < 4.78 is 7.08. The van der Waals surface area contributed by atoms with Crippen LogP contribution in [0.15, 0.2) is 41.8 Å². The summed E-state index contributed by atoms with van der Waals surface area (Å²) in [5.74, 6) is 0.194. The predicted molar refractivity (Wildman–Crippen MR) is 104 cm³/mol. The van der Waals surface area contributed by atoms with E-state index in [2.05, 4.69) is 29.4 Å². The Balaban J connectivity index is 2.02. The molecule has 2 atom stereocenters. The number of rotatable bonds is 10. The van der Waals surface area contributed by atoms with Gasteiger partial charge in [0.25, 0.3) is 0 Å². The Morgan fingerprint density at radius 2 is 2.00 bits per heavy atom. The number of ether oxygens (including phenoxy) is 1. The van der Waals surface area contributed by atoms with Crippen molar-refractivity contribution in [1.29, 1.82) is 0 Å². The number of methoxy groups -OCH3 is 1. The molecule has 0 saturated carbocycles. The first-order valence-electron chi connectivity index (χ1n) is 8.91. The van der Waals surface area contributed by atoms with E-state index in [0.717, 1.165) is 23.7 Å². The second-order valence-corrected chi connectivity index (χ2v) is 7.69. The molecule has 0 bridgehead atoms. The summed E-state index contributed by atoms with van der Waals surface area (Å²) in [7, 11) is 1.69. The highest BCUT2D eigenvalue weighted by molar-refractivity contribution is 8.00. The second-order valence-electron chi connectivity index (χ2n) is 6.58. The molecule has 0 aliphatic rings. The number of amides is 1. The second kappa shape index (κ2) is 10.3. The summed E-state index contributed by atoms with van der Waals surface area (Å²) in [5, 5.41) is 11.9. The first kappa shape index (κ1) is 20.5. The third-order valence-corrected chi connectivity index (χ3v) is 5.62. The van der Waals surface area contributed by atoms with Crippen LogP contribution in [0.1, 0.15) is 38.8 Å². The molecule has 1 aromatic heterocycles. The van der Waals surface area contributed by atoms with E-state index in [4.69, 9.17) is 4.74 Å². The Morgan fingerprint density at radius 3 is 2.65 bits per heavy atom. The average molecular weight is 377 g/mol. The summed E-state index contributed by atoms with van der Waals surface area (Å²) in [6.07, 6.45) is 2.59. The standard InChI is InChI=1S/C19H28N4O2S/c1-14(2)17(18(24)21-15(3)16-9-6-5-7-10-16)26-19-22-20-13-23(19)11-8-12-25-4/h5-7,9-10,13-15,17H,8,11-12H2,1-4H3,(H,21,24). The highest BCUT2D eigenvalue weighted by atomic mass is 32.2. The lowest BCUT2D eigenvalue weighted by Crippen LogP contribution is -2.37. The maximum absolute atomic E-state index is 12.9. The van der Waals surface area contributed by atoms with Crippen LogP contribution in [0.2, 0.25) is 0 Å². The molecule has 6 nitrogen and oxygen atoms in total. The molecule has 0 spiro atoms. The van der Waals surface area contributed by atoms with Gasteiger partial charge in [0.2, 0.25) is 5.91 Å². The van der Waals surface area contributed by atoms with E-state index in [1.807, 2.05) is 41.8 Å². The molecule has 26 heavy (non-hydrogen) atoms. The van der Waals surface area contributed by atoms with Gasteiger partial charge < -0.3 is 14.6 Å². The molecule has 0 radical (unpaired) electrons. The Morgan fingerprint density at radius 1 is 1.27 bits per heavy atom. The summed E-state index contributed by atoms with van der Waals surface area (Å²) in [5.41, 5.74) is 1.09. The maximum Gasteiger partial charge on any atom is 0.234 e. The van der Waals surface area contributed by atoms with Crippen molar-refractivity contribution in [2.45, 2.75) is 50.2 Å². The molecule has 0 aliphatic heterocycles. The molecule has 0 fully saturated rings. The zero-order valence-electron chi connectivity index (χ0n) is 15.9. The topological polar surface area (TPSA) is 69.0 Å². The van der Waals surface area contributed by atoms with Crippen molar-refractivity contribution in [3.8, 4) is 0 Å². The summed E-state index contributed by atoms with van der Waals surface area (Å²) in [6.45, 7) is 7.57. The van der Waals surface area contributed by atoms with Crippen LogP contribution in [0, 0.1) is 5.92 Å². The Bertz CT molecular complexity index is 675. The van der Waals surface area contributed by atoms with Gasteiger partial charge >= 0.3 is 0 Å². The largest absolute Gasteiger partial charge is 0.385 e. The van der Waals surface area contributed by atoms with Gasteiger partial charge in [0.05, 0.1) is 11.3 Å². The molecule has 2 rings (SSSR count). The van der Waals surface area contributed by atoms with Crippen LogP contribution in [0.4, 0.5) is 0 Å². The number of benzene rings is 1. The van der Waals surface area contributed by atoms with Crippen molar-refractivity contribution in [1.82, 2.24) is 20.1 Å². The van der Waals surface area contributed by atoms with Gasteiger partial charge in [-0.15, -0.1) is 10.2 Å². The Kier molecular flexibility index (Phi) is 8.12. The van der Waals surface area contributed by atoms with Crippen LogP contribution >= 0.6 is 11.8 Å². The van der Waals surface area contributed by atoms with Crippen molar-refractivity contribution in [3.63, 3.8) is 0 Å². The summed E-state index contributed by atoms with van der Waals surface area (Å²) >= 11 is 1.47. The monoisotopic (exact) mass is 376 g/mol. The quantitative estimate of drug-likeness (QED) is 0.509. The number of hydrogen-bond acceptors (Lipinski definition) is 5. The average Bonchev–Trinajstić information content (AvgIpc) is 3.07. The lowest BCUT2D eigenvalue weighted by Gasteiger charge is -2.22. The van der Waals surface area contributed by atoms with Gasteiger partial charge in [-0.05, 0) is 24.8 Å². The number of carbonyl (C=O) groups excluding carboxylic acids is 1. The molecule has 1 amide bonds. The van der Waals surface area contributed by atoms with Gasteiger partial charge in [-0.2, -0.15) is 0 Å². The number of aromatic nitrogens is 3. The van der Waals surface area contributed by atoms with Crippen molar-refractivity contribution in [2.24, 2.45) is 5.92 Å². The molecule has 1 heterocycles. The lowest BCUT2D eigenvalue weighted by atomic mass is 10.1. The van der Waals surface area contributed by atoms with Gasteiger partial charge in [-0.25, -0.2) is 0 Å². The van der Waals surface area contributed by atoms with Gasteiger partial charge in [-0.1, -0.05) is 55.9 Å². The predicted octanol–water partition coefficient (Wildman–Crippen LogP) is 3.31. The highest BCUT2D eigenvalue weighted by Crippen LogP contribution is 2.27. The van der Waals surface area contributed by atoms with Crippen LogP contribution in [0.3, 0.4) is 0 Å².